The van der Waals surface area contributed by atoms with Gasteiger partial charge in [0.15, 0.2) is 0 Å². The maximum absolute atomic E-state index is 12.6. The molecule has 4 nitrogen and oxygen atoms in total. The fourth-order valence-corrected chi connectivity index (χ4v) is 3.38. The zero-order chi connectivity index (χ0) is 19.6. The molecule has 11 heteroatoms. The number of ether oxygens (including phenoxy) is 3. The fraction of sp³-hybridized carbons (Fsp3) is 0.714. The number of hydrogen-bond donors (Lipinski definition) is 0. The normalized spacial score (nSPS) is 12.8. The van der Waals surface area contributed by atoms with Crippen molar-refractivity contribution >= 4 is 7.14 Å². The molecule has 0 aliphatic rings. The molecule has 0 aromatic rings. The van der Waals surface area contributed by atoms with E-state index in [1.807, 2.05) is 0 Å². The topological polar surface area (TPSA) is 44.8 Å². The van der Waals surface area contributed by atoms with Crippen LogP contribution in [-0.4, -0.2) is 63.6 Å². The van der Waals surface area contributed by atoms with Crippen LogP contribution in [0.5, 0.6) is 0 Å². The minimum atomic E-state index is -5.68. The Labute approximate surface area is 141 Å². The molecule has 25 heavy (non-hydrogen) atoms. The van der Waals surface area contributed by atoms with Gasteiger partial charge >= 0.3 is 12.4 Å². The Bertz CT molecular complexity index is 477. The predicted molar refractivity (Wildman–Crippen MR) is 78.5 cm³/mol. The third-order valence-corrected chi connectivity index (χ3v) is 5.34. The molecular weight excluding hydrogens is 377 g/mol. The summed E-state index contributed by atoms with van der Waals surface area (Å²) in [5.41, 5.74) is 0. The van der Waals surface area contributed by atoms with Gasteiger partial charge in [0.2, 0.25) is 6.10 Å². The van der Waals surface area contributed by atoms with E-state index in [1.165, 1.54) is 0 Å². The van der Waals surface area contributed by atoms with Crippen LogP contribution >= 0.6 is 7.14 Å². The number of alkyl halides is 6. The molecule has 0 aromatic carbocycles. The highest BCUT2D eigenvalue weighted by atomic mass is 31.2. The van der Waals surface area contributed by atoms with Crippen LogP contribution in [0.15, 0.2) is 0 Å². The van der Waals surface area contributed by atoms with Gasteiger partial charge in [0, 0.05) is 12.3 Å². The highest BCUT2D eigenvalue weighted by Gasteiger charge is 2.58. The third-order valence-electron chi connectivity index (χ3n) is 2.73. The quantitative estimate of drug-likeness (QED) is 0.234. The molecular formula is C14H17F6O4P. The van der Waals surface area contributed by atoms with E-state index in [1.54, 1.807) is 0 Å². The Balaban J connectivity index is 4.92. The molecule has 0 heterocycles. The van der Waals surface area contributed by atoms with Crippen molar-refractivity contribution in [2.24, 2.45) is 0 Å². The second kappa shape index (κ2) is 10.7. The number of hydrogen-bond acceptors (Lipinski definition) is 4. The van der Waals surface area contributed by atoms with E-state index < -0.39 is 31.9 Å². The van der Waals surface area contributed by atoms with Crippen LogP contribution in [0.4, 0.5) is 26.3 Å². The van der Waals surface area contributed by atoms with E-state index >= 15 is 0 Å². The Hall–Kier alpha value is -1.19. The molecule has 0 rings (SSSR count). The van der Waals surface area contributed by atoms with Crippen LogP contribution in [0, 0.1) is 24.7 Å². The first kappa shape index (κ1) is 23.8. The smallest absolute Gasteiger partial charge is 0.368 e. The van der Waals surface area contributed by atoms with E-state index in [-0.39, 0.29) is 38.8 Å². The minimum Gasteiger partial charge on any atom is -0.368 e. The average molecular weight is 394 g/mol. The predicted octanol–water partition coefficient (Wildman–Crippen LogP) is 3.12. The molecule has 0 aliphatic heterocycles. The SMILES string of the molecule is C#CCOCCP(=O)(CCOCC#C)COC(C(F)(F)F)C(F)(F)F. The summed E-state index contributed by atoms with van der Waals surface area (Å²) >= 11 is 0. The standard InChI is InChI=1S/C14H17F6O4P/c1-3-5-22-7-9-25(21,10-8-23-6-4-2)11-24-12(13(15,16)17)14(18,19)20/h1-2,12H,5-11H2. The van der Waals surface area contributed by atoms with Crippen LogP contribution in [-0.2, 0) is 18.8 Å². The fourth-order valence-electron chi connectivity index (χ4n) is 1.55. The first-order valence-corrected chi connectivity index (χ1v) is 9.07. The van der Waals surface area contributed by atoms with Crippen LogP contribution in [0.1, 0.15) is 0 Å². The summed E-state index contributed by atoms with van der Waals surface area (Å²) in [6.07, 6.45) is -7.36. The van der Waals surface area contributed by atoms with E-state index in [2.05, 4.69) is 16.6 Å². The zero-order valence-electron chi connectivity index (χ0n) is 13.0. The molecule has 0 fully saturated rings. The minimum absolute atomic E-state index is 0.137. The van der Waals surface area contributed by atoms with Gasteiger partial charge in [-0.25, -0.2) is 0 Å². The third kappa shape index (κ3) is 10.4. The molecule has 0 aliphatic carbocycles. The van der Waals surface area contributed by atoms with E-state index in [4.69, 9.17) is 22.3 Å². The van der Waals surface area contributed by atoms with Gasteiger partial charge in [0.05, 0.1) is 13.2 Å². The van der Waals surface area contributed by atoms with Gasteiger partial charge in [-0.1, -0.05) is 11.8 Å². The molecule has 0 saturated carbocycles. The molecule has 144 valence electrons. The molecule has 0 unspecified atom stereocenters. The second-order valence-electron chi connectivity index (χ2n) is 4.78. The van der Waals surface area contributed by atoms with Gasteiger partial charge in [0.1, 0.15) is 26.7 Å². The Morgan fingerprint density at radius 2 is 1.28 bits per heavy atom. The zero-order valence-corrected chi connectivity index (χ0v) is 13.9. The van der Waals surface area contributed by atoms with Crippen LogP contribution < -0.4 is 0 Å². The molecule has 0 radical (unpaired) electrons. The first-order valence-electron chi connectivity index (χ1n) is 6.81. The summed E-state index contributed by atoms with van der Waals surface area (Å²) in [6.45, 7) is -0.685. The lowest BCUT2D eigenvalue weighted by Crippen LogP contribution is -2.44. The van der Waals surface area contributed by atoms with Crippen molar-refractivity contribution in [3.05, 3.63) is 0 Å². The average Bonchev–Trinajstić information content (AvgIpc) is 2.46. The lowest BCUT2D eigenvalue weighted by atomic mass is 10.3. The van der Waals surface area contributed by atoms with Crippen molar-refractivity contribution in [3.63, 3.8) is 0 Å². The number of terminal acetylenes is 2. The lowest BCUT2D eigenvalue weighted by Gasteiger charge is -2.26. The second-order valence-corrected chi connectivity index (χ2v) is 8.05. The summed E-state index contributed by atoms with van der Waals surface area (Å²) < 4.78 is 101. The van der Waals surface area contributed by atoms with Crippen LogP contribution in [0.25, 0.3) is 0 Å². The molecule has 0 aromatic heterocycles. The van der Waals surface area contributed by atoms with E-state index in [0.29, 0.717) is 0 Å². The molecule has 0 amide bonds. The molecule has 0 atom stereocenters. The van der Waals surface area contributed by atoms with Crippen molar-refractivity contribution in [1.29, 1.82) is 0 Å². The van der Waals surface area contributed by atoms with Crippen molar-refractivity contribution in [2.45, 2.75) is 18.5 Å². The summed E-state index contributed by atoms with van der Waals surface area (Å²) in [7, 11) is -3.60. The van der Waals surface area contributed by atoms with Crippen LogP contribution in [0.2, 0.25) is 0 Å². The van der Waals surface area contributed by atoms with Gasteiger partial charge in [-0.05, 0) is 0 Å². The molecule has 0 saturated heterocycles. The van der Waals surface area contributed by atoms with Crippen molar-refractivity contribution in [1.82, 2.24) is 0 Å². The van der Waals surface area contributed by atoms with Crippen molar-refractivity contribution < 1.29 is 45.1 Å². The Kier molecular flexibility index (Phi) is 10.2. The molecule has 0 N–H and O–H groups in total. The van der Waals surface area contributed by atoms with Gasteiger partial charge in [-0.3, -0.25) is 0 Å². The van der Waals surface area contributed by atoms with Gasteiger partial charge in [-0.2, -0.15) is 26.3 Å². The first-order chi connectivity index (χ1) is 11.5. The summed E-state index contributed by atoms with van der Waals surface area (Å²) in [5, 5.41) is 0. The number of halogens is 6. The highest BCUT2D eigenvalue weighted by molar-refractivity contribution is 7.63. The van der Waals surface area contributed by atoms with Crippen LogP contribution in [0.3, 0.4) is 0 Å². The highest BCUT2D eigenvalue weighted by Crippen LogP contribution is 2.47. The van der Waals surface area contributed by atoms with Crippen molar-refractivity contribution in [2.75, 3.05) is 45.1 Å². The Morgan fingerprint density at radius 3 is 1.60 bits per heavy atom. The maximum Gasteiger partial charge on any atom is 0.423 e. The largest absolute Gasteiger partial charge is 0.423 e. The molecule has 0 spiro atoms. The Morgan fingerprint density at radius 1 is 0.880 bits per heavy atom. The number of rotatable bonds is 11. The van der Waals surface area contributed by atoms with E-state index in [9.17, 15) is 30.9 Å². The summed E-state index contributed by atoms with van der Waals surface area (Å²) in [4.78, 5) is 0. The van der Waals surface area contributed by atoms with E-state index in [0.717, 1.165) is 0 Å². The maximum atomic E-state index is 12.6. The van der Waals surface area contributed by atoms with Crippen molar-refractivity contribution in [3.8, 4) is 24.7 Å². The van der Waals surface area contributed by atoms with Gasteiger partial charge in [-0.15, -0.1) is 12.8 Å². The van der Waals surface area contributed by atoms with Gasteiger partial charge < -0.3 is 18.8 Å². The lowest BCUT2D eigenvalue weighted by molar-refractivity contribution is -0.317. The summed E-state index contributed by atoms with van der Waals surface area (Å²) in [5.74, 6) is 4.23. The summed E-state index contributed by atoms with van der Waals surface area (Å²) in [6, 6.07) is 0. The molecule has 0 bridgehead atoms. The monoisotopic (exact) mass is 394 g/mol. The van der Waals surface area contributed by atoms with Gasteiger partial charge in [0.25, 0.3) is 0 Å².